The molecule has 0 bridgehead atoms. The number of rotatable bonds is 16. The molecule has 0 amide bonds. The van der Waals surface area contributed by atoms with Crippen molar-refractivity contribution in [3.05, 3.63) is 274 Å². The number of nitrogens with zero attached hydrogens (tertiary/aromatic N) is 6. The van der Waals surface area contributed by atoms with Crippen molar-refractivity contribution in [3.8, 4) is 0 Å². The van der Waals surface area contributed by atoms with Gasteiger partial charge in [-0.15, -0.1) is 0 Å². The first-order valence-corrected chi connectivity index (χ1v) is 38.8. The number of pyridine rings is 1. The standard InChI is InChI=1S/C16H16N2.C14H18N2.C11H15FN2OS.C11H13FN2O.C10H10BrFN2O.C10H11Cl2N3.C10H11ClFN3/c1-11-9-13(10-18-11)12(2)14-5-3-7-16-15(14)6-4-8-17-16;1-2-4-13-7-11(5-6-12(13)3-1)8-14-9-15-10-16-14;1-8-3-2-4-9(10(8)12)7-14-11(16)13-5-6-15;1-8-3-2-4-9(10(8)12)7-14-11-13-5-6-15-11;11-9-2-1-8(12)5-7(9)6-14-10-13-3-4-15-10;2*11-8-3-1-2-7(9(8)12)6-15-10-13-4-5-14-10/h3-8,10,12,18H,1,9H2,2H3;1-4,10-11,14H,5-9H2,(H,15,16);2-4,15H,5-7H2,1H3,(H2,13,14,16);2-4H,5-7H2,1H3,(H,13,14);1-2,5H,3-4,6H2,(H,13,14);2*1-3H,4-6H2,(H2,13,14,15)/t12-;;;;;;/m0....../s1. The molecule has 582 valence electrons. The lowest BCUT2D eigenvalue weighted by molar-refractivity contribution is 0.300. The van der Waals surface area contributed by atoms with Crippen LogP contribution < -0.4 is 53.2 Å². The van der Waals surface area contributed by atoms with Crippen LogP contribution in [0.3, 0.4) is 0 Å². The van der Waals surface area contributed by atoms with E-state index in [1.54, 1.807) is 79.6 Å². The lowest BCUT2D eigenvalue weighted by Crippen LogP contribution is -2.36. The Morgan fingerprint density at radius 2 is 1.25 bits per heavy atom. The number of aliphatic imine (C=N–C) groups is 5. The molecular formula is C82H94BrCl3F4N16O3S. The molecule has 28 heteroatoms. The van der Waals surface area contributed by atoms with Gasteiger partial charge in [-0.2, -0.15) is 0 Å². The number of hydrogen-bond acceptors (Lipinski definition) is 18. The molecular weight excluding hydrogens is 1550 g/mol. The van der Waals surface area contributed by atoms with Gasteiger partial charge in [0.15, 0.2) is 17.0 Å². The maximum absolute atomic E-state index is 13.6. The summed E-state index contributed by atoms with van der Waals surface area (Å²) in [5, 5.41) is 42.0. The molecule has 6 aliphatic heterocycles. The first-order valence-electron chi connectivity index (χ1n) is 36.4. The molecule has 15 rings (SSSR count). The average Bonchev–Trinajstić information content (AvgIpc) is 1.43. The van der Waals surface area contributed by atoms with Gasteiger partial charge in [-0.3, -0.25) is 20.0 Å². The van der Waals surface area contributed by atoms with Crippen LogP contribution in [0.4, 0.5) is 17.6 Å². The van der Waals surface area contributed by atoms with Crippen LogP contribution in [0.1, 0.15) is 87.7 Å². The van der Waals surface area contributed by atoms with Crippen LogP contribution in [0, 0.1) is 43.0 Å². The van der Waals surface area contributed by atoms with Crippen LogP contribution in [0.25, 0.3) is 10.9 Å². The number of hydrogen-bond donors (Lipinski definition) is 11. The zero-order chi connectivity index (χ0) is 78.0. The normalized spacial score (nSPS) is 16.1. The summed E-state index contributed by atoms with van der Waals surface area (Å²) in [4.78, 5) is 25.2. The number of aromatic nitrogens is 1. The highest BCUT2D eigenvalue weighted by Crippen LogP contribution is 2.35. The Bertz CT molecular complexity index is 4340. The molecule has 2 unspecified atom stereocenters. The Kier molecular flexibility index (Phi) is 34.6. The lowest BCUT2D eigenvalue weighted by Gasteiger charge is -2.26. The fraction of sp³-hybridized carbons (Fsp3) is 0.329. The Morgan fingerprint density at radius 1 is 0.655 bits per heavy atom. The summed E-state index contributed by atoms with van der Waals surface area (Å²) < 4.78 is 64.7. The second-order valence-corrected chi connectivity index (χ2v) is 28.6. The summed E-state index contributed by atoms with van der Waals surface area (Å²) in [7, 11) is 0. The Morgan fingerprint density at radius 3 is 1.86 bits per heavy atom. The molecule has 11 N–H and O–H groups in total. The third kappa shape index (κ3) is 27.2. The number of nitrogens with one attached hydrogen (secondary N) is 10. The van der Waals surface area contributed by atoms with E-state index in [0.717, 1.165) is 83.8 Å². The maximum Gasteiger partial charge on any atom is 0.285 e. The Hall–Kier alpha value is -9.50. The van der Waals surface area contributed by atoms with Crippen LogP contribution in [0.15, 0.2) is 205 Å². The van der Waals surface area contributed by atoms with Gasteiger partial charge in [0.05, 0.1) is 66.3 Å². The summed E-state index contributed by atoms with van der Waals surface area (Å²) >= 11 is 25.9. The van der Waals surface area contributed by atoms with E-state index in [-0.39, 0.29) is 34.9 Å². The minimum absolute atomic E-state index is 0.0145. The number of benzene rings is 7. The van der Waals surface area contributed by atoms with E-state index in [1.165, 1.54) is 60.4 Å². The summed E-state index contributed by atoms with van der Waals surface area (Å²) in [5.41, 5.74) is 12.8. The molecule has 0 fully saturated rings. The highest BCUT2D eigenvalue weighted by Gasteiger charge is 2.24. The number of halogens is 8. The van der Waals surface area contributed by atoms with Crippen molar-refractivity contribution in [3.63, 3.8) is 0 Å². The second-order valence-electron chi connectivity index (χ2n) is 26.1. The summed E-state index contributed by atoms with van der Waals surface area (Å²) in [6.07, 6.45) is 11.9. The molecule has 19 nitrogen and oxygen atoms in total. The number of allylic oxidation sites excluding steroid dienone is 1. The zero-order valence-corrected chi connectivity index (χ0v) is 66.4. The van der Waals surface area contributed by atoms with Gasteiger partial charge in [0.1, 0.15) is 36.5 Å². The molecule has 0 spiro atoms. The van der Waals surface area contributed by atoms with Crippen LogP contribution in [0.5, 0.6) is 0 Å². The fourth-order valence-corrected chi connectivity index (χ4v) is 13.3. The predicted octanol–water partition coefficient (Wildman–Crippen LogP) is 14.2. The van der Waals surface area contributed by atoms with Gasteiger partial charge >= 0.3 is 0 Å². The van der Waals surface area contributed by atoms with Gasteiger partial charge in [0, 0.05) is 115 Å². The van der Waals surface area contributed by atoms with Crippen LogP contribution in [-0.2, 0) is 55.0 Å². The van der Waals surface area contributed by atoms with Crippen molar-refractivity contribution in [2.24, 2.45) is 30.9 Å². The van der Waals surface area contributed by atoms with E-state index in [1.807, 2.05) is 36.8 Å². The van der Waals surface area contributed by atoms with Crippen molar-refractivity contribution in [2.45, 2.75) is 97.6 Å². The monoisotopic (exact) mass is 1640 g/mol. The number of aryl methyl sites for hydroxylation is 3. The van der Waals surface area contributed by atoms with Gasteiger partial charge in [-0.25, -0.2) is 27.5 Å². The molecule has 0 saturated carbocycles. The van der Waals surface area contributed by atoms with E-state index in [4.69, 9.17) is 61.6 Å². The van der Waals surface area contributed by atoms with E-state index in [9.17, 15) is 17.6 Å². The zero-order valence-electron chi connectivity index (χ0n) is 61.8. The van der Waals surface area contributed by atoms with E-state index >= 15 is 0 Å². The van der Waals surface area contributed by atoms with Crippen molar-refractivity contribution in [1.82, 2.24) is 58.2 Å². The highest BCUT2D eigenvalue weighted by molar-refractivity contribution is 9.10. The molecule has 0 radical (unpaired) electrons. The third-order valence-electron chi connectivity index (χ3n) is 18.1. The molecule has 7 heterocycles. The number of thiocarbonyl (C=S) groups is 1. The first kappa shape index (κ1) is 84.5. The van der Waals surface area contributed by atoms with Gasteiger partial charge in [0.2, 0.25) is 0 Å². The van der Waals surface area contributed by atoms with Crippen molar-refractivity contribution >= 4 is 109 Å². The number of amidine groups is 2. The van der Waals surface area contributed by atoms with Crippen LogP contribution >= 0.6 is 63.0 Å². The van der Waals surface area contributed by atoms with Gasteiger partial charge in [-0.1, -0.05) is 167 Å². The topological polar surface area (TPSA) is 234 Å². The number of aliphatic hydroxyl groups is 1. The van der Waals surface area contributed by atoms with Crippen molar-refractivity contribution < 1.29 is 32.1 Å². The van der Waals surface area contributed by atoms with Crippen molar-refractivity contribution in [2.75, 3.05) is 72.2 Å². The van der Waals surface area contributed by atoms with E-state index in [0.29, 0.717) is 133 Å². The summed E-state index contributed by atoms with van der Waals surface area (Å²) in [5.74, 6) is 1.79. The molecule has 110 heavy (non-hydrogen) atoms. The largest absolute Gasteiger partial charge is 0.463 e. The molecule has 1 aliphatic carbocycles. The predicted molar refractivity (Wildman–Crippen MR) is 445 cm³/mol. The molecule has 3 atom stereocenters. The average molecular weight is 1650 g/mol. The molecule has 0 saturated heterocycles. The number of guanidine groups is 2. The lowest BCUT2D eigenvalue weighted by atomic mass is 9.81. The van der Waals surface area contributed by atoms with Crippen LogP contribution in [-0.4, -0.2) is 124 Å². The van der Waals surface area contributed by atoms with Crippen molar-refractivity contribution in [1.29, 1.82) is 0 Å². The Balaban J connectivity index is 0.000000148. The van der Waals surface area contributed by atoms with Crippen LogP contribution in [0.2, 0.25) is 15.1 Å². The van der Waals surface area contributed by atoms with Gasteiger partial charge < -0.3 is 67.7 Å². The number of aliphatic hydroxyl groups excluding tert-OH is 1. The van der Waals surface area contributed by atoms with Gasteiger partial charge in [-0.05, 0) is 145 Å². The minimum atomic E-state index is -0.370. The fourth-order valence-electron chi connectivity index (χ4n) is 12.2. The SMILES string of the molecule is C1=NCC(CC2CCc3ccccc3C2)N1.C=C1CC([C@H](C)c2cccc3ncccc23)=CN1.Cc1cccc(CNC(=S)NCCO)c1F.Cc1cccc(CNC2=NCCO2)c1F.Clc1cccc(CNC2=NCCN2)c1Cl.Fc1c(Cl)cccc1CNC1=NCCN1.Fc1ccc(Br)c(CNC2=NCCO2)c1. The quantitative estimate of drug-likeness (QED) is 0.0319. The Labute approximate surface area is 670 Å². The second kappa shape index (κ2) is 45.0. The summed E-state index contributed by atoms with van der Waals surface area (Å²) in [6, 6.07) is 46.7. The minimum Gasteiger partial charge on any atom is -0.463 e. The first-order chi connectivity index (χ1) is 53.4. The van der Waals surface area contributed by atoms with Gasteiger partial charge in [0.25, 0.3) is 12.0 Å². The third-order valence-corrected chi connectivity index (χ3v) is 20.3. The molecule has 7 aliphatic rings. The number of ether oxygens (including phenoxy) is 2. The maximum atomic E-state index is 13.6. The molecule has 8 aromatic rings. The van der Waals surface area contributed by atoms with E-state index < -0.39 is 0 Å². The summed E-state index contributed by atoms with van der Waals surface area (Å²) in [6.45, 7) is 19.2. The highest BCUT2D eigenvalue weighted by atomic mass is 79.9. The van der Waals surface area contributed by atoms with E-state index in [2.05, 4.69) is 167 Å². The molecule has 7 aromatic carbocycles. The smallest absolute Gasteiger partial charge is 0.285 e. The molecule has 1 aromatic heterocycles. The number of fused-ring (bicyclic) bond motifs is 2.